The number of hydrogen-bond donors (Lipinski definition) is 1. The predicted octanol–water partition coefficient (Wildman–Crippen LogP) is 1.10. The van der Waals surface area contributed by atoms with Gasteiger partial charge >= 0.3 is 12.0 Å². The zero-order valence-electron chi connectivity index (χ0n) is 10.1. The van der Waals surface area contributed by atoms with Gasteiger partial charge in [-0.1, -0.05) is 13.8 Å². The van der Waals surface area contributed by atoms with E-state index in [0.717, 1.165) is 6.42 Å². The summed E-state index contributed by atoms with van der Waals surface area (Å²) in [4.78, 5) is 26.1. The van der Waals surface area contributed by atoms with Crippen LogP contribution in [0.1, 0.15) is 20.3 Å². The van der Waals surface area contributed by atoms with Gasteiger partial charge in [0.05, 0.1) is 5.92 Å². The summed E-state index contributed by atoms with van der Waals surface area (Å²) in [6.07, 6.45) is 0.911. The molecule has 2 atom stereocenters. The molecule has 0 bridgehead atoms. The molecule has 0 aliphatic carbocycles. The van der Waals surface area contributed by atoms with Crippen molar-refractivity contribution in [3.05, 3.63) is 0 Å². The average Bonchev–Trinajstić information content (AvgIpc) is 2.59. The number of amides is 2. The van der Waals surface area contributed by atoms with Crippen molar-refractivity contribution in [2.45, 2.75) is 20.3 Å². The molecule has 1 heterocycles. The summed E-state index contributed by atoms with van der Waals surface area (Å²) in [5, 5.41) is 8.97. The van der Waals surface area contributed by atoms with Crippen molar-refractivity contribution < 1.29 is 14.7 Å². The van der Waals surface area contributed by atoms with Crippen molar-refractivity contribution in [1.82, 2.24) is 9.80 Å². The van der Waals surface area contributed by atoms with E-state index in [1.54, 1.807) is 16.8 Å². The Morgan fingerprint density at radius 1 is 1.44 bits per heavy atom. The molecule has 0 saturated carbocycles. The number of carbonyl (C=O) groups is 2. The van der Waals surface area contributed by atoms with Crippen LogP contribution in [0.25, 0.3) is 0 Å². The number of nitrogens with zero attached hydrogens (tertiary/aromatic N) is 2. The molecule has 0 aromatic carbocycles. The van der Waals surface area contributed by atoms with Gasteiger partial charge in [-0.05, 0) is 12.3 Å². The Bertz CT molecular complexity index is 280. The first-order valence-corrected chi connectivity index (χ1v) is 5.70. The Labute approximate surface area is 96.0 Å². The van der Waals surface area contributed by atoms with E-state index in [1.807, 2.05) is 13.8 Å². The van der Waals surface area contributed by atoms with Gasteiger partial charge in [-0.25, -0.2) is 4.79 Å². The fraction of sp³-hybridized carbons (Fsp3) is 0.818. The summed E-state index contributed by atoms with van der Waals surface area (Å²) in [7, 11) is 1.75. The van der Waals surface area contributed by atoms with Crippen molar-refractivity contribution >= 4 is 12.0 Å². The Balaban J connectivity index is 2.58. The molecule has 16 heavy (non-hydrogen) atoms. The molecular weight excluding hydrogens is 208 g/mol. The van der Waals surface area contributed by atoms with E-state index >= 15 is 0 Å². The number of aliphatic carboxylic acids is 1. The molecule has 1 saturated heterocycles. The first kappa shape index (κ1) is 12.8. The number of carboxylic acids is 1. The van der Waals surface area contributed by atoms with Gasteiger partial charge < -0.3 is 14.9 Å². The third kappa shape index (κ3) is 2.65. The van der Waals surface area contributed by atoms with Crippen LogP contribution in [-0.4, -0.2) is 53.6 Å². The molecule has 1 N–H and O–H groups in total. The molecule has 0 aromatic rings. The van der Waals surface area contributed by atoms with Crippen molar-refractivity contribution in [2.75, 3.05) is 26.7 Å². The van der Waals surface area contributed by atoms with Crippen LogP contribution in [0.3, 0.4) is 0 Å². The van der Waals surface area contributed by atoms with Crippen LogP contribution in [0.15, 0.2) is 0 Å². The molecular formula is C11H20N2O3. The normalized spacial score (nSPS) is 24.6. The molecule has 1 aliphatic rings. The summed E-state index contributed by atoms with van der Waals surface area (Å²) in [6, 6.07) is -0.0579. The van der Waals surface area contributed by atoms with Crippen LogP contribution in [-0.2, 0) is 4.79 Å². The van der Waals surface area contributed by atoms with Gasteiger partial charge in [0.1, 0.15) is 0 Å². The largest absolute Gasteiger partial charge is 0.481 e. The first-order valence-electron chi connectivity index (χ1n) is 5.70. The van der Waals surface area contributed by atoms with Crippen molar-refractivity contribution in [2.24, 2.45) is 11.8 Å². The quantitative estimate of drug-likeness (QED) is 0.787. The second-order valence-corrected chi connectivity index (χ2v) is 4.53. The molecule has 0 aromatic heterocycles. The Morgan fingerprint density at radius 3 is 2.50 bits per heavy atom. The molecule has 1 aliphatic heterocycles. The molecule has 2 amide bonds. The second-order valence-electron chi connectivity index (χ2n) is 4.53. The monoisotopic (exact) mass is 228 g/mol. The Morgan fingerprint density at radius 2 is 2.06 bits per heavy atom. The minimum Gasteiger partial charge on any atom is -0.481 e. The van der Waals surface area contributed by atoms with Gasteiger partial charge in [0.15, 0.2) is 0 Å². The summed E-state index contributed by atoms with van der Waals surface area (Å²) >= 11 is 0. The van der Waals surface area contributed by atoms with E-state index in [4.69, 9.17) is 5.11 Å². The van der Waals surface area contributed by atoms with Crippen LogP contribution in [0.4, 0.5) is 4.79 Å². The molecule has 1 fully saturated rings. The molecule has 0 spiro atoms. The second kappa shape index (κ2) is 5.18. The summed E-state index contributed by atoms with van der Waals surface area (Å²) in [5.41, 5.74) is 0. The van der Waals surface area contributed by atoms with E-state index < -0.39 is 11.9 Å². The Hall–Kier alpha value is -1.26. The van der Waals surface area contributed by atoms with E-state index in [2.05, 4.69) is 0 Å². The van der Waals surface area contributed by atoms with Crippen LogP contribution in [0.5, 0.6) is 0 Å². The lowest BCUT2D eigenvalue weighted by molar-refractivity contribution is -0.142. The number of urea groups is 1. The maximum atomic E-state index is 11.9. The van der Waals surface area contributed by atoms with E-state index in [9.17, 15) is 9.59 Å². The highest BCUT2D eigenvalue weighted by atomic mass is 16.4. The van der Waals surface area contributed by atoms with E-state index in [1.165, 1.54) is 0 Å². The number of hydrogen-bond acceptors (Lipinski definition) is 2. The van der Waals surface area contributed by atoms with Crippen LogP contribution in [0.2, 0.25) is 0 Å². The molecule has 0 radical (unpaired) electrons. The van der Waals surface area contributed by atoms with E-state index in [-0.39, 0.29) is 11.9 Å². The lowest BCUT2D eigenvalue weighted by atomic mass is 9.99. The predicted molar refractivity (Wildman–Crippen MR) is 60.2 cm³/mol. The van der Waals surface area contributed by atoms with Crippen molar-refractivity contribution in [3.8, 4) is 0 Å². The number of carbonyl (C=O) groups excluding carboxylic acids is 1. The average molecular weight is 228 g/mol. The lowest BCUT2D eigenvalue weighted by Crippen LogP contribution is -2.40. The summed E-state index contributed by atoms with van der Waals surface area (Å²) in [6.45, 7) is 5.48. The zero-order chi connectivity index (χ0) is 12.3. The standard InChI is InChI=1S/C11H20N2O3/c1-4-5-12(3)11(16)13-6-8(2)9(7-13)10(14)15/h8-9H,4-7H2,1-3H3,(H,14,15). The number of rotatable bonds is 3. The molecule has 5 nitrogen and oxygen atoms in total. The fourth-order valence-corrected chi connectivity index (χ4v) is 2.12. The fourth-order valence-electron chi connectivity index (χ4n) is 2.12. The molecule has 1 rings (SSSR count). The molecule has 92 valence electrons. The number of carboxylic acid groups (broad SMARTS) is 1. The van der Waals surface area contributed by atoms with Crippen LogP contribution in [0, 0.1) is 11.8 Å². The highest BCUT2D eigenvalue weighted by Gasteiger charge is 2.37. The molecule has 2 unspecified atom stereocenters. The smallest absolute Gasteiger partial charge is 0.319 e. The van der Waals surface area contributed by atoms with Crippen molar-refractivity contribution in [3.63, 3.8) is 0 Å². The Kier molecular flexibility index (Phi) is 4.15. The minimum atomic E-state index is -0.805. The topological polar surface area (TPSA) is 60.9 Å². The first-order chi connectivity index (χ1) is 7.47. The van der Waals surface area contributed by atoms with Crippen LogP contribution >= 0.6 is 0 Å². The molecule has 5 heteroatoms. The lowest BCUT2D eigenvalue weighted by Gasteiger charge is -2.24. The minimum absolute atomic E-state index is 0.0384. The van der Waals surface area contributed by atoms with Gasteiger partial charge in [-0.3, -0.25) is 4.79 Å². The SMILES string of the molecule is CCCN(C)C(=O)N1CC(C)C(C(=O)O)C1. The van der Waals surface area contributed by atoms with Crippen LogP contribution < -0.4 is 0 Å². The maximum absolute atomic E-state index is 11.9. The van der Waals surface area contributed by atoms with Gasteiger partial charge in [0.25, 0.3) is 0 Å². The summed E-state index contributed by atoms with van der Waals surface area (Å²) in [5.74, 6) is -1.18. The van der Waals surface area contributed by atoms with Gasteiger partial charge in [0, 0.05) is 26.7 Å². The van der Waals surface area contributed by atoms with E-state index in [0.29, 0.717) is 19.6 Å². The van der Waals surface area contributed by atoms with Gasteiger partial charge in [-0.15, -0.1) is 0 Å². The van der Waals surface area contributed by atoms with Gasteiger partial charge in [-0.2, -0.15) is 0 Å². The maximum Gasteiger partial charge on any atom is 0.319 e. The number of likely N-dealkylation sites (tertiary alicyclic amines) is 1. The van der Waals surface area contributed by atoms with Gasteiger partial charge in [0.2, 0.25) is 0 Å². The third-order valence-electron chi connectivity index (χ3n) is 3.09. The van der Waals surface area contributed by atoms with Crippen molar-refractivity contribution in [1.29, 1.82) is 0 Å². The highest BCUT2D eigenvalue weighted by Crippen LogP contribution is 2.23. The third-order valence-corrected chi connectivity index (χ3v) is 3.09. The zero-order valence-corrected chi connectivity index (χ0v) is 10.1. The summed E-state index contributed by atoms with van der Waals surface area (Å²) < 4.78 is 0. The highest BCUT2D eigenvalue weighted by molar-refractivity contribution is 5.77.